The molecule has 0 saturated heterocycles. The maximum absolute atomic E-state index is 12.1. The Hall–Kier alpha value is -2.82. The topological polar surface area (TPSA) is 67.4 Å². The normalized spacial score (nSPS) is 15.2. The zero-order chi connectivity index (χ0) is 17.9. The molecular formula is C21H22N2O3. The van der Waals surface area contributed by atoms with Crippen LogP contribution < -0.4 is 15.4 Å². The molecule has 4 rings (SSSR count). The number of fused-ring (bicyclic) bond motifs is 1. The van der Waals surface area contributed by atoms with Crippen molar-refractivity contribution in [3.05, 3.63) is 53.6 Å². The minimum Gasteiger partial charge on any atom is -0.484 e. The zero-order valence-corrected chi connectivity index (χ0v) is 14.6. The minimum atomic E-state index is -0.226. The Morgan fingerprint density at radius 3 is 2.54 bits per heavy atom. The summed E-state index contributed by atoms with van der Waals surface area (Å²) in [5.74, 6) is 0.699. The van der Waals surface area contributed by atoms with E-state index in [-0.39, 0.29) is 24.3 Å². The van der Waals surface area contributed by atoms with Crippen molar-refractivity contribution in [1.29, 1.82) is 0 Å². The van der Waals surface area contributed by atoms with Gasteiger partial charge in [0.15, 0.2) is 6.61 Å². The van der Waals surface area contributed by atoms with Crippen LogP contribution in [0.4, 0.5) is 11.4 Å². The van der Waals surface area contributed by atoms with Gasteiger partial charge in [-0.3, -0.25) is 9.59 Å². The Bertz CT molecular complexity index is 843. The second-order valence-corrected chi connectivity index (χ2v) is 6.97. The Morgan fingerprint density at radius 1 is 0.962 bits per heavy atom. The van der Waals surface area contributed by atoms with Crippen molar-refractivity contribution >= 4 is 23.2 Å². The lowest BCUT2D eigenvalue weighted by molar-refractivity contribution is -0.118. The molecule has 0 bridgehead atoms. The molecule has 2 aromatic rings. The number of carbonyl (C=O) groups excluding carboxylic acids is 2. The number of aryl methyl sites for hydroxylation is 2. The average molecular weight is 350 g/mol. The molecule has 1 fully saturated rings. The SMILES string of the molecule is O=C(COc1ccc2c(c1)CCC2)Nc1cccc(NC(=O)C2CC2)c1. The van der Waals surface area contributed by atoms with Gasteiger partial charge in [0.05, 0.1) is 0 Å². The van der Waals surface area contributed by atoms with Gasteiger partial charge in [0.2, 0.25) is 5.91 Å². The van der Waals surface area contributed by atoms with Crippen LogP contribution in [0, 0.1) is 5.92 Å². The first-order chi connectivity index (χ1) is 12.7. The molecule has 1 saturated carbocycles. The summed E-state index contributed by atoms with van der Waals surface area (Å²) in [6, 6.07) is 13.2. The Labute approximate surface area is 152 Å². The van der Waals surface area contributed by atoms with Crippen LogP contribution in [0.3, 0.4) is 0 Å². The van der Waals surface area contributed by atoms with Gasteiger partial charge in [-0.05, 0) is 73.6 Å². The van der Waals surface area contributed by atoms with Gasteiger partial charge in [-0.25, -0.2) is 0 Å². The zero-order valence-electron chi connectivity index (χ0n) is 14.6. The fraction of sp³-hybridized carbons (Fsp3) is 0.333. The van der Waals surface area contributed by atoms with Gasteiger partial charge in [0, 0.05) is 17.3 Å². The molecule has 2 aromatic carbocycles. The van der Waals surface area contributed by atoms with Gasteiger partial charge in [-0.2, -0.15) is 0 Å². The van der Waals surface area contributed by atoms with E-state index in [2.05, 4.69) is 16.7 Å². The summed E-state index contributed by atoms with van der Waals surface area (Å²) in [5, 5.41) is 5.69. The summed E-state index contributed by atoms with van der Waals surface area (Å²) in [6.45, 7) is -0.0442. The number of amides is 2. The van der Waals surface area contributed by atoms with Crippen LogP contribution in [0.2, 0.25) is 0 Å². The van der Waals surface area contributed by atoms with Crippen LogP contribution in [0.5, 0.6) is 5.75 Å². The van der Waals surface area contributed by atoms with Gasteiger partial charge in [-0.1, -0.05) is 12.1 Å². The van der Waals surface area contributed by atoms with Gasteiger partial charge in [0.25, 0.3) is 5.91 Å². The lowest BCUT2D eigenvalue weighted by Crippen LogP contribution is -2.20. The van der Waals surface area contributed by atoms with E-state index in [1.807, 2.05) is 18.2 Å². The van der Waals surface area contributed by atoms with Gasteiger partial charge in [0.1, 0.15) is 5.75 Å². The molecule has 5 nitrogen and oxygen atoms in total. The van der Waals surface area contributed by atoms with Crippen LogP contribution in [0.15, 0.2) is 42.5 Å². The highest BCUT2D eigenvalue weighted by Gasteiger charge is 2.29. The van der Waals surface area contributed by atoms with E-state index < -0.39 is 0 Å². The Morgan fingerprint density at radius 2 is 1.73 bits per heavy atom. The third kappa shape index (κ3) is 4.04. The molecule has 0 heterocycles. The predicted molar refractivity (Wildman–Crippen MR) is 100 cm³/mol. The summed E-state index contributed by atoms with van der Waals surface area (Å²) in [4.78, 5) is 24.0. The van der Waals surface area contributed by atoms with Gasteiger partial charge < -0.3 is 15.4 Å². The van der Waals surface area contributed by atoms with Crippen LogP contribution in [0.1, 0.15) is 30.4 Å². The van der Waals surface area contributed by atoms with Crippen molar-refractivity contribution in [2.75, 3.05) is 17.2 Å². The summed E-state index contributed by atoms with van der Waals surface area (Å²) < 4.78 is 5.62. The van der Waals surface area contributed by atoms with Crippen molar-refractivity contribution < 1.29 is 14.3 Å². The largest absolute Gasteiger partial charge is 0.484 e. The Kier molecular flexibility index (Phi) is 4.61. The van der Waals surface area contributed by atoms with E-state index in [1.165, 1.54) is 17.5 Å². The third-order valence-corrected chi connectivity index (χ3v) is 4.80. The highest BCUT2D eigenvalue weighted by molar-refractivity contribution is 5.96. The molecule has 2 N–H and O–H groups in total. The quantitative estimate of drug-likeness (QED) is 0.837. The van der Waals surface area contributed by atoms with Crippen molar-refractivity contribution in [2.45, 2.75) is 32.1 Å². The first-order valence-corrected chi connectivity index (χ1v) is 9.13. The van der Waals surface area contributed by atoms with Crippen molar-refractivity contribution in [2.24, 2.45) is 5.92 Å². The first kappa shape index (κ1) is 16.6. The van der Waals surface area contributed by atoms with Gasteiger partial charge in [-0.15, -0.1) is 0 Å². The maximum Gasteiger partial charge on any atom is 0.262 e. The molecule has 0 spiro atoms. The van der Waals surface area contributed by atoms with E-state index in [4.69, 9.17) is 4.74 Å². The molecule has 0 radical (unpaired) electrons. The van der Waals surface area contributed by atoms with Crippen molar-refractivity contribution in [1.82, 2.24) is 0 Å². The molecule has 0 aliphatic heterocycles. The van der Waals surface area contributed by atoms with E-state index in [0.717, 1.165) is 31.4 Å². The minimum absolute atomic E-state index is 0.0442. The molecule has 5 heteroatoms. The van der Waals surface area contributed by atoms with E-state index in [0.29, 0.717) is 11.4 Å². The highest BCUT2D eigenvalue weighted by atomic mass is 16.5. The number of anilines is 2. The molecule has 26 heavy (non-hydrogen) atoms. The van der Waals surface area contributed by atoms with Crippen molar-refractivity contribution in [3.8, 4) is 5.75 Å². The lowest BCUT2D eigenvalue weighted by atomic mass is 10.1. The number of nitrogens with one attached hydrogen (secondary N) is 2. The molecule has 2 amide bonds. The highest BCUT2D eigenvalue weighted by Crippen LogP contribution is 2.30. The number of hydrogen-bond donors (Lipinski definition) is 2. The molecule has 0 aromatic heterocycles. The van der Waals surface area contributed by atoms with E-state index in [1.54, 1.807) is 18.2 Å². The van der Waals surface area contributed by atoms with Crippen LogP contribution in [0.25, 0.3) is 0 Å². The van der Waals surface area contributed by atoms with Gasteiger partial charge >= 0.3 is 0 Å². The van der Waals surface area contributed by atoms with Crippen LogP contribution in [-0.4, -0.2) is 18.4 Å². The molecule has 0 atom stereocenters. The number of carbonyl (C=O) groups is 2. The first-order valence-electron chi connectivity index (χ1n) is 9.13. The molecule has 134 valence electrons. The number of benzene rings is 2. The second-order valence-electron chi connectivity index (χ2n) is 6.97. The third-order valence-electron chi connectivity index (χ3n) is 4.80. The van der Waals surface area contributed by atoms with E-state index >= 15 is 0 Å². The molecular weight excluding hydrogens is 328 g/mol. The fourth-order valence-corrected chi connectivity index (χ4v) is 3.25. The Balaban J connectivity index is 1.31. The summed E-state index contributed by atoms with van der Waals surface area (Å²) in [5.41, 5.74) is 4.04. The number of rotatable bonds is 6. The maximum atomic E-state index is 12.1. The van der Waals surface area contributed by atoms with E-state index in [9.17, 15) is 9.59 Å². The predicted octanol–water partition coefficient (Wildman–Crippen LogP) is 3.54. The van der Waals surface area contributed by atoms with Crippen LogP contribution >= 0.6 is 0 Å². The van der Waals surface area contributed by atoms with Crippen LogP contribution in [-0.2, 0) is 22.4 Å². The molecule has 0 unspecified atom stereocenters. The smallest absolute Gasteiger partial charge is 0.262 e. The lowest BCUT2D eigenvalue weighted by Gasteiger charge is -2.10. The molecule has 2 aliphatic carbocycles. The summed E-state index contributed by atoms with van der Waals surface area (Å²) in [7, 11) is 0. The number of ether oxygens (including phenoxy) is 1. The standard InChI is InChI=1S/C21H22N2O3/c24-20(13-26-19-10-9-14-3-1-4-16(14)11-19)22-17-5-2-6-18(12-17)23-21(25)15-7-8-15/h2,5-6,9-12,15H,1,3-4,7-8,13H2,(H,22,24)(H,23,25). The summed E-state index contributed by atoms with van der Waals surface area (Å²) in [6.07, 6.45) is 5.32. The second kappa shape index (κ2) is 7.20. The monoisotopic (exact) mass is 350 g/mol. The summed E-state index contributed by atoms with van der Waals surface area (Å²) >= 11 is 0. The molecule has 2 aliphatic rings. The average Bonchev–Trinajstić information content (AvgIpc) is 3.38. The van der Waals surface area contributed by atoms with Crippen molar-refractivity contribution in [3.63, 3.8) is 0 Å². The fourth-order valence-electron chi connectivity index (χ4n) is 3.25. The number of hydrogen-bond acceptors (Lipinski definition) is 3.